The lowest BCUT2D eigenvalue weighted by molar-refractivity contribution is -0.135. The predicted molar refractivity (Wildman–Crippen MR) is 127 cm³/mol. The first-order chi connectivity index (χ1) is 15.1. The molecule has 5 nitrogen and oxygen atoms in total. The first-order valence-corrected chi connectivity index (χ1v) is 12.7. The van der Waals surface area contributed by atoms with Crippen LogP contribution in [0.25, 0.3) is 0 Å². The smallest absolute Gasteiger partial charge is 0.239 e. The molecule has 3 fully saturated rings. The van der Waals surface area contributed by atoms with Crippen molar-refractivity contribution in [3.63, 3.8) is 0 Å². The molecule has 1 aromatic carbocycles. The number of benzene rings is 1. The summed E-state index contributed by atoms with van der Waals surface area (Å²) >= 11 is 5.97. The molecule has 0 bridgehead atoms. The number of halogens is 1. The SMILES string of the molecule is NC(Cc1ccc(Cl)cc1)C(=O)N1CCN(C(CN2CCCC2)C2CCCCC2)CC1. The lowest BCUT2D eigenvalue weighted by Gasteiger charge is -2.45. The van der Waals surface area contributed by atoms with Gasteiger partial charge in [0.05, 0.1) is 6.04 Å². The van der Waals surface area contributed by atoms with Crippen molar-refractivity contribution in [2.75, 3.05) is 45.8 Å². The van der Waals surface area contributed by atoms with Crippen LogP contribution in [0.4, 0.5) is 0 Å². The van der Waals surface area contributed by atoms with E-state index >= 15 is 0 Å². The largest absolute Gasteiger partial charge is 0.339 e. The monoisotopic (exact) mass is 446 g/mol. The summed E-state index contributed by atoms with van der Waals surface area (Å²) in [7, 11) is 0. The minimum atomic E-state index is -0.480. The lowest BCUT2D eigenvalue weighted by atomic mass is 9.82. The summed E-state index contributed by atoms with van der Waals surface area (Å²) in [6.07, 6.45) is 10.2. The van der Waals surface area contributed by atoms with Gasteiger partial charge in [0.1, 0.15) is 0 Å². The van der Waals surface area contributed by atoms with E-state index in [-0.39, 0.29) is 5.91 Å². The van der Waals surface area contributed by atoms with Crippen LogP contribution in [0.15, 0.2) is 24.3 Å². The van der Waals surface area contributed by atoms with Crippen LogP contribution in [-0.2, 0) is 11.2 Å². The van der Waals surface area contributed by atoms with Crippen molar-refractivity contribution in [3.05, 3.63) is 34.9 Å². The van der Waals surface area contributed by atoms with Gasteiger partial charge in [-0.15, -0.1) is 0 Å². The van der Waals surface area contributed by atoms with E-state index < -0.39 is 6.04 Å². The van der Waals surface area contributed by atoms with Crippen LogP contribution in [-0.4, -0.2) is 78.5 Å². The average molecular weight is 447 g/mol. The van der Waals surface area contributed by atoms with Crippen LogP contribution in [0.3, 0.4) is 0 Å². The molecule has 0 radical (unpaired) electrons. The molecule has 1 aromatic rings. The first kappa shape index (κ1) is 23.0. The Morgan fingerprint density at radius 3 is 2.23 bits per heavy atom. The molecular weight excluding hydrogens is 408 g/mol. The van der Waals surface area contributed by atoms with Gasteiger partial charge in [-0.2, -0.15) is 0 Å². The molecule has 172 valence electrons. The second-order valence-electron chi connectivity index (χ2n) is 9.77. The maximum Gasteiger partial charge on any atom is 0.239 e. The van der Waals surface area contributed by atoms with Gasteiger partial charge in [0.25, 0.3) is 0 Å². The summed E-state index contributed by atoms with van der Waals surface area (Å²) in [5, 5.41) is 0.709. The van der Waals surface area contributed by atoms with Gasteiger partial charge in [0, 0.05) is 43.8 Å². The van der Waals surface area contributed by atoms with E-state index in [4.69, 9.17) is 17.3 Å². The van der Waals surface area contributed by atoms with E-state index in [1.165, 1.54) is 64.6 Å². The molecule has 4 rings (SSSR count). The number of piperazine rings is 1. The number of hydrogen-bond donors (Lipinski definition) is 1. The van der Waals surface area contributed by atoms with Crippen molar-refractivity contribution < 1.29 is 4.79 Å². The normalized spacial score (nSPS) is 23.7. The Kier molecular flexibility index (Phi) is 8.27. The number of carbonyl (C=O) groups is 1. The third-order valence-corrected chi connectivity index (χ3v) is 7.87. The summed E-state index contributed by atoms with van der Waals surface area (Å²) in [4.78, 5) is 20.3. The third-order valence-electron chi connectivity index (χ3n) is 7.62. The van der Waals surface area contributed by atoms with Gasteiger partial charge in [0.15, 0.2) is 0 Å². The van der Waals surface area contributed by atoms with Gasteiger partial charge < -0.3 is 15.5 Å². The zero-order chi connectivity index (χ0) is 21.6. The molecule has 1 saturated carbocycles. The van der Waals surface area contributed by atoms with Gasteiger partial charge in [-0.25, -0.2) is 0 Å². The molecule has 2 saturated heterocycles. The molecule has 2 unspecified atom stereocenters. The highest BCUT2D eigenvalue weighted by molar-refractivity contribution is 6.30. The fourth-order valence-corrected chi connectivity index (χ4v) is 5.91. The number of likely N-dealkylation sites (tertiary alicyclic amines) is 1. The topological polar surface area (TPSA) is 52.8 Å². The molecule has 6 heteroatoms. The van der Waals surface area contributed by atoms with Crippen molar-refractivity contribution in [1.29, 1.82) is 0 Å². The number of nitrogens with two attached hydrogens (primary N) is 1. The van der Waals surface area contributed by atoms with Crippen molar-refractivity contribution in [2.45, 2.75) is 63.5 Å². The number of amides is 1. The Morgan fingerprint density at radius 1 is 0.935 bits per heavy atom. The summed E-state index contributed by atoms with van der Waals surface area (Å²) in [6.45, 7) is 7.31. The zero-order valence-corrected chi connectivity index (χ0v) is 19.6. The molecule has 1 aliphatic carbocycles. The molecule has 3 aliphatic rings. The van der Waals surface area contributed by atoms with E-state index in [0.29, 0.717) is 17.5 Å². The van der Waals surface area contributed by atoms with Crippen LogP contribution in [0, 0.1) is 5.92 Å². The van der Waals surface area contributed by atoms with E-state index in [1.54, 1.807) is 0 Å². The van der Waals surface area contributed by atoms with Gasteiger partial charge in [0.2, 0.25) is 5.91 Å². The Bertz CT molecular complexity index is 692. The maximum absolute atomic E-state index is 13.0. The van der Waals surface area contributed by atoms with Gasteiger partial charge >= 0.3 is 0 Å². The molecule has 0 spiro atoms. The Balaban J connectivity index is 1.31. The number of carbonyl (C=O) groups excluding carboxylic acids is 1. The highest BCUT2D eigenvalue weighted by Crippen LogP contribution is 2.31. The highest BCUT2D eigenvalue weighted by atomic mass is 35.5. The Labute approximate surface area is 192 Å². The Hall–Kier alpha value is -1.14. The summed E-state index contributed by atoms with van der Waals surface area (Å²) in [5.74, 6) is 0.909. The summed E-state index contributed by atoms with van der Waals surface area (Å²) in [5.41, 5.74) is 7.36. The zero-order valence-electron chi connectivity index (χ0n) is 18.9. The molecule has 2 aliphatic heterocycles. The fraction of sp³-hybridized carbons (Fsp3) is 0.720. The molecule has 2 heterocycles. The van der Waals surface area contributed by atoms with Gasteiger partial charge in [-0.3, -0.25) is 9.69 Å². The standard InChI is InChI=1S/C25H39ClN4O/c26-22-10-8-20(9-11-22)18-23(27)25(31)30-16-14-29(15-17-30)24(19-28-12-4-5-13-28)21-6-2-1-3-7-21/h8-11,21,23-24H,1-7,12-19,27H2. The van der Waals surface area contributed by atoms with Crippen molar-refractivity contribution in [3.8, 4) is 0 Å². The first-order valence-electron chi connectivity index (χ1n) is 12.4. The second-order valence-corrected chi connectivity index (χ2v) is 10.2. The van der Waals surface area contributed by atoms with Crippen LogP contribution in [0.2, 0.25) is 5.02 Å². The molecule has 0 aromatic heterocycles. The lowest BCUT2D eigenvalue weighted by Crippen LogP contribution is -2.58. The quantitative estimate of drug-likeness (QED) is 0.697. The highest BCUT2D eigenvalue weighted by Gasteiger charge is 2.34. The van der Waals surface area contributed by atoms with E-state index in [9.17, 15) is 4.79 Å². The molecule has 2 N–H and O–H groups in total. The van der Waals surface area contributed by atoms with Crippen LogP contribution >= 0.6 is 11.6 Å². The molecule has 31 heavy (non-hydrogen) atoms. The fourth-order valence-electron chi connectivity index (χ4n) is 5.78. The number of hydrogen-bond acceptors (Lipinski definition) is 4. The minimum Gasteiger partial charge on any atom is -0.339 e. The molecule has 1 amide bonds. The third kappa shape index (κ3) is 6.22. The summed E-state index contributed by atoms with van der Waals surface area (Å²) in [6, 6.07) is 7.81. The number of nitrogens with zero attached hydrogens (tertiary/aromatic N) is 3. The van der Waals surface area contributed by atoms with Crippen LogP contribution in [0.5, 0.6) is 0 Å². The second kappa shape index (κ2) is 11.1. The maximum atomic E-state index is 13.0. The minimum absolute atomic E-state index is 0.0864. The van der Waals surface area contributed by atoms with Crippen LogP contribution < -0.4 is 5.73 Å². The van der Waals surface area contributed by atoms with E-state index in [2.05, 4.69) is 9.80 Å². The van der Waals surface area contributed by atoms with E-state index in [1.807, 2.05) is 29.2 Å². The van der Waals surface area contributed by atoms with Crippen molar-refractivity contribution >= 4 is 17.5 Å². The average Bonchev–Trinajstić information content (AvgIpc) is 3.32. The van der Waals surface area contributed by atoms with Gasteiger partial charge in [-0.05, 0) is 68.8 Å². The predicted octanol–water partition coefficient (Wildman–Crippen LogP) is 3.40. The molecular formula is C25H39ClN4O. The van der Waals surface area contributed by atoms with Crippen LogP contribution in [0.1, 0.15) is 50.5 Å². The molecule has 2 atom stereocenters. The van der Waals surface area contributed by atoms with Gasteiger partial charge in [-0.1, -0.05) is 43.0 Å². The van der Waals surface area contributed by atoms with E-state index in [0.717, 1.165) is 37.7 Å². The Morgan fingerprint density at radius 2 is 1.58 bits per heavy atom. The number of rotatable bonds is 7. The summed E-state index contributed by atoms with van der Waals surface area (Å²) < 4.78 is 0. The van der Waals surface area contributed by atoms with Crippen molar-refractivity contribution in [1.82, 2.24) is 14.7 Å². The van der Waals surface area contributed by atoms with Crippen molar-refractivity contribution in [2.24, 2.45) is 11.7 Å².